The summed E-state index contributed by atoms with van der Waals surface area (Å²) in [5, 5.41) is 17.1. The van der Waals surface area contributed by atoms with Crippen molar-refractivity contribution in [3.05, 3.63) is 34.9 Å². The predicted octanol–water partition coefficient (Wildman–Crippen LogP) is 3.10. The molecule has 0 aliphatic carbocycles. The van der Waals surface area contributed by atoms with E-state index in [1.54, 1.807) is 6.07 Å². The average Bonchev–Trinajstić information content (AvgIpc) is 2.29. The molecule has 0 heterocycles. The number of hydrogen-bond acceptors (Lipinski definition) is 2. The van der Waals surface area contributed by atoms with Gasteiger partial charge in [0.05, 0.1) is 23.8 Å². The summed E-state index contributed by atoms with van der Waals surface area (Å²) in [5.41, 5.74) is -0.944. The summed E-state index contributed by atoms with van der Waals surface area (Å²) in [6.07, 6.45) is -4.49. The molecule has 1 rings (SSSR count). The molecule has 5 heteroatoms. The van der Waals surface area contributed by atoms with Gasteiger partial charge in [-0.3, -0.25) is 0 Å². The highest BCUT2D eigenvalue weighted by molar-refractivity contribution is 5.38. The summed E-state index contributed by atoms with van der Waals surface area (Å²) in [7, 11) is 0. The van der Waals surface area contributed by atoms with E-state index < -0.39 is 18.3 Å². The molecule has 0 atom stereocenters. The molecule has 0 spiro atoms. The first kappa shape index (κ1) is 14.5. The van der Waals surface area contributed by atoms with E-state index in [9.17, 15) is 13.2 Å². The second-order valence-corrected chi connectivity index (χ2v) is 2.69. The summed E-state index contributed by atoms with van der Waals surface area (Å²) in [5.74, 6) is 0. The number of nitrogens with zero attached hydrogens (tertiary/aromatic N) is 1. The lowest BCUT2D eigenvalue weighted by atomic mass is 10.1. The highest BCUT2D eigenvalue weighted by atomic mass is 19.4. The molecule has 0 amide bonds. The number of halogens is 3. The monoisotopic (exact) mass is 231 g/mol. The molecule has 0 saturated carbocycles. The summed E-state index contributed by atoms with van der Waals surface area (Å²) in [6, 6.07) is 4.39. The molecule has 88 valence electrons. The van der Waals surface area contributed by atoms with Crippen molar-refractivity contribution in [1.29, 1.82) is 5.26 Å². The zero-order valence-corrected chi connectivity index (χ0v) is 8.97. The van der Waals surface area contributed by atoms with Crippen LogP contribution in [0.1, 0.15) is 30.5 Å². The molecule has 16 heavy (non-hydrogen) atoms. The van der Waals surface area contributed by atoms with E-state index in [1.807, 2.05) is 13.8 Å². The van der Waals surface area contributed by atoms with Gasteiger partial charge in [-0.15, -0.1) is 0 Å². The van der Waals surface area contributed by atoms with Crippen LogP contribution in [0.4, 0.5) is 13.2 Å². The number of nitriles is 1. The van der Waals surface area contributed by atoms with Crippen molar-refractivity contribution >= 4 is 0 Å². The van der Waals surface area contributed by atoms with Crippen molar-refractivity contribution in [1.82, 2.24) is 0 Å². The van der Waals surface area contributed by atoms with Crippen LogP contribution in [0.5, 0.6) is 0 Å². The van der Waals surface area contributed by atoms with Gasteiger partial charge in [-0.2, -0.15) is 18.4 Å². The molecule has 0 aromatic heterocycles. The number of hydrogen-bond donors (Lipinski definition) is 1. The van der Waals surface area contributed by atoms with Gasteiger partial charge in [-0.25, -0.2) is 0 Å². The summed E-state index contributed by atoms with van der Waals surface area (Å²) in [6.45, 7) is 3.48. The largest absolute Gasteiger partial charge is 0.416 e. The van der Waals surface area contributed by atoms with Gasteiger partial charge >= 0.3 is 6.18 Å². The van der Waals surface area contributed by atoms with E-state index in [4.69, 9.17) is 10.4 Å². The number of aliphatic hydroxyl groups is 1. The maximum atomic E-state index is 12.2. The Balaban J connectivity index is 0.00000106. The van der Waals surface area contributed by atoms with E-state index in [-0.39, 0.29) is 11.1 Å². The standard InChI is InChI=1S/C9H6F3NO.C2H6/c10-9(11,12)8-2-6(4-13)1-7(3-8)5-14;1-2/h1-3,14H,5H2;1-2H3. The Labute approximate surface area is 91.9 Å². The minimum absolute atomic E-state index is 0.0800. The lowest BCUT2D eigenvalue weighted by Gasteiger charge is -2.08. The lowest BCUT2D eigenvalue weighted by molar-refractivity contribution is -0.137. The van der Waals surface area contributed by atoms with Crippen LogP contribution in [0.2, 0.25) is 0 Å². The fourth-order valence-corrected chi connectivity index (χ4v) is 1.01. The molecule has 2 nitrogen and oxygen atoms in total. The van der Waals surface area contributed by atoms with Gasteiger partial charge in [0.25, 0.3) is 0 Å². The second-order valence-electron chi connectivity index (χ2n) is 2.69. The Hall–Kier alpha value is -1.54. The van der Waals surface area contributed by atoms with Gasteiger partial charge in [0.2, 0.25) is 0 Å². The van der Waals surface area contributed by atoms with Crippen LogP contribution in [-0.4, -0.2) is 5.11 Å². The van der Waals surface area contributed by atoms with E-state index >= 15 is 0 Å². The van der Waals surface area contributed by atoms with Crippen molar-refractivity contribution in [2.45, 2.75) is 26.6 Å². The smallest absolute Gasteiger partial charge is 0.392 e. The molecule has 0 radical (unpaired) electrons. The van der Waals surface area contributed by atoms with Crippen LogP contribution in [-0.2, 0) is 12.8 Å². The Morgan fingerprint density at radius 3 is 2.19 bits per heavy atom. The Morgan fingerprint density at radius 1 is 1.25 bits per heavy atom. The van der Waals surface area contributed by atoms with Crippen LogP contribution in [0, 0.1) is 11.3 Å². The Kier molecular flexibility index (Phi) is 5.54. The van der Waals surface area contributed by atoms with Crippen LogP contribution in [0.15, 0.2) is 18.2 Å². The normalized spacial score (nSPS) is 10.1. The van der Waals surface area contributed by atoms with Crippen molar-refractivity contribution in [3.63, 3.8) is 0 Å². The molecule has 1 N–H and O–H groups in total. The van der Waals surface area contributed by atoms with Gasteiger partial charge in [0.15, 0.2) is 0 Å². The number of alkyl halides is 3. The van der Waals surface area contributed by atoms with Crippen molar-refractivity contribution < 1.29 is 18.3 Å². The molecule has 1 aromatic carbocycles. The topological polar surface area (TPSA) is 44.0 Å². The molecular weight excluding hydrogens is 219 g/mol. The molecule has 0 aliphatic heterocycles. The first-order valence-corrected chi connectivity index (χ1v) is 4.69. The highest BCUT2D eigenvalue weighted by Crippen LogP contribution is 2.30. The van der Waals surface area contributed by atoms with Gasteiger partial charge in [-0.05, 0) is 23.8 Å². The third kappa shape index (κ3) is 3.91. The highest BCUT2D eigenvalue weighted by Gasteiger charge is 2.31. The van der Waals surface area contributed by atoms with Gasteiger partial charge in [-0.1, -0.05) is 13.8 Å². The Morgan fingerprint density at radius 2 is 1.81 bits per heavy atom. The zero-order chi connectivity index (χ0) is 12.8. The van der Waals surface area contributed by atoms with E-state index in [0.717, 1.165) is 12.1 Å². The van der Waals surface area contributed by atoms with Crippen LogP contribution in [0.25, 0.3) is 0 Å². The minimum Gasteiger partial charge on any atom is -0.392 e. The SMILES string of the molecule is CC.N#Cc1cc(CO)cc(C(F)(F)F)c1. The van der Waals surface area contributed by atoms with Gasteiger partial charge in [0, 0.05) is 0 Å². The summed E-state index contributed by atoms with van der Waals surface area (Å²) >= 11 is 0. The first-order valence-electron chi connectivity index (χ1n) is 4.69. The van der Waals surface area contributed by atoms with Crippen LogP contribution >= 0.6 is 0 Å². The number of aliphatic hydroxyl groups excluding tert-OH is 1. The fourth-order valence-electron chi connectivity index (χ4n) is 1.01. The number of benzene rings is 1. The third-order valence-electron chi connectivity index (χ3n) is 1.63. The van der Waals surface area contributed by atoms with Crippen LogP contribution < -0.4 is 0 Å². The molecule has 0 saturated heterocycles. The van der Waals surface area contributed by atoms with E-state index in [2.05, 4.69) is 0 Å². The second kappa shape index (κ2) is 6.13. The maximum Gasteiger partial charge on any atom is 0.416 e. The maximum absolute atomic E-state index is 12.2. The summed E-state index contributed by atoms with van der Waals surface area (Å²) < 4.78 is 36.7. The Bertz CT molecular complexity index is 380. The zero-order valence-electron chi connectivity index (χ0n) is 8.97. The molecular formula is C11H12F3NO. The molecule has 0 fully saturated rings. The number of rotatable bonds is 1. The fraction of sp³-hybridized carbons (Fsp3) is 0.364. The molecule has 0 unspecified atom stereocenters. The molecule has 0 aliphatic rings. The third-order valence-corrected chi connectivity index (χ3v) is 1.63. The van der Waals surface area contributed by atoms with Gasteiger partial charge < -0.3 is 5.11 Å². The van der Waals surface area contributed by atoms with E-state index in [0.29, 0.717) is 0 Å². The van der Waals surface area contributed by atoms with Crippen molar-refractivity contribution in [2.24, 2.45) is 0 Å². The van der Waals surface area contributed by atoms with Gasteiger partial charge in [0.1, 0.15) is 0 Å². The quantitative estimate of drug-likeness (QED) is 0.807. The van der Waals surface area contributed by atoms with Crippen molar-refractivity contribution in [2.75, 3.05) is 0 Å². The first-order chi connectivity index (χ1) is 7.47. The average molecular weight is 231 g/mol. The van der Waals surface area contributed by atoms with E-state index in [1.165, 1.54) is 6.07 Å². The van der Waals surface area contributed by atoms with Crippen molar-refractivity contribution in [3.8, 4) is 6.07 Å². The predicted molar refractivity (Wildman–Crippen MR) is 53.4 cm³/mol. The minimum atomic E-state index is -4.49. The molecule has 0 bridgehead atoms. The molecule has 1 aromatic rings. The lowest BCUT2D eigenvalue weighted by Crippen LogP contribution is -2.06. The van der Waals surface area contributed by atoms with Crippen LogP contribution in [0.3, 0.4) is 0 Å². The summed E-state index contributed by atoms with van der Waals surface area (Å²) in [4.78, 5) is 0.